The number of hydrogen-bond acceptors (Lipinski definition) is 4. The van der Waals surface area contributed by atoms with E-state index in [2.05, 4.69) is 22.3 Å². The minimum atomic E-state index is 0.536. The molecule has 0 amide bonds. The van der Waals surface area contributed by atoms with E-state index in [-0.39, 0.29) is 0 Å². The summed E-state index contributed by atoms with van der Waals surface area (Å²) in [7, 11) is 1.67. The van der Waals surface area contributed by atoms with Crippen molar-refractivity contribution in [2.24, 2.45) is 5.16 Å². The van der Waals surface area contributed by atoms with Crippen molar-refractivity contribution in [3.63, 3.8) is 0 Å². The van der Waals surface area contributed by atoms with Crippen LogP contribution < -0.4 is 4.74 Å². The lowest BCUT2D eigenvalue weighted by Crippen LogP contribution is -2.08. The van der Waals surface area contributed by atoms with Crippen LogP contribution >= 0.6 is 0 Å². The summed E-state index contributed by atoms with van der Waals surface area (Å²) in [5.41, 5.74) is 4.58. The summed E-state index contributed by atoms with van der Waals surface area (Å²) >= 11 is 0. The molecule has 0 spiro atoms. The largest absolute Gasteiger partial charge is 0.497 e. The molecule has 4 heteroatoms. The van der Waals surface area contributed by atoms with Gasteiger partial charge in [-0.25, -0.2) is 0 Å². The van der Waals surface area contributed by atoms with Crippen LogP contribution in [0.2, 0.25) is 0 Å². The van der Waals surface area contributed by atoms with E-state index >= 15 is 0 Å². The molecular weight excluding hydrogens is 312 g/mol. The zero-order chi connectivity index (χ0) is 17.5. The minimum absolute atomic E-state index is 0.536. The first-order chi connectivity index (χ1) is 12.3. The van der Waals surface area contributed by atoms with E-state index in [0.717, 1.165) is 35.3 Å². The molecule has 126 valence electrons. The van der Waals surface area contributed by atoms with Crippen molar-refractivity contribution in [1.29, 1.82) is 0 Å². The molecule has 0 saturated heterocycles. The highest BCUT2D eigenvalue weighted by atomic mass is 16.5. The third-order valence-electron chi connectivity index (χ3n) is 4.12. The topological polar surface area (TPSA) is 54.7 Å². The first-order valence-corrected chi connectivity index (χ1v) is 8.15. The molecule has 1 heterocycles. The molecule has 2 aromatic carbocycles. The molecule has 0 aliphatic heterocycles. The Kier molecular flexibility index (Phi) is 5.42. The lowest BCUT2D eigenvalue weighted by atomic mass is 9.94. The SMILES string of the molecule is COc1cccc(CCc2ccccc2C(=NO)c2cccnc2)c1. The predicted octanol–water partition coefficient (Wildman–Crippen LogP) is 4.10. The standard InChI is InChI=1S/C21H20N2O2/c1-25-19-9-4-6-16(14-19)11-12-17-7-2-3-10-20(17)21(23-24)18-8-5-13-22-15-18/h2-10,13-15,24H,11-12H2,1H3. The molecule has 1 aromatic heterocycles. The normalized spacial score (nSPS) is 11.3. The van der Waals surface area contributed by atoms with Gasteiger partial charge in [-0.1, -0.05) is 41.6 Å². The van der Waals surface area contributed by atoms with Gasteiger partial charge in [0.1, 0.15) is 11.5 Å². The highest BCUT2D eigenvalue weighted by Crippen LogP contribution is 2.19. The van der Waals surface area contributed by atoms with Crippen molar-refractivity contribution in [3.05, 3.63) is 95.3 Å². The highest BCUT2D eigenvalue weighted by molar-refractivity contribution is 6.13. The Morgan fingerprint density at radius 3 is 2.68 bits per heavy atom. The third-order valence-corrected chi connectivity index (χ3v) is 4.12. The fraction of sp³-hybridized carbons (Fsp3) is 0.143. The van der Waals surface area contributed by atoms with Crippen molar-refractivity contribution in [2.45, 2.75) is 12.8 Å². The van der Waals surface area contributed by atoms with Crippen LogP contribution in [0.1, 0.15) is 22.3 Å². The van der Waals surface area contributed by atoms with E-state index in [1.54, 1.807) is 19.5 Å². The maximum atomic E-state index is 9.55. The van der Waals surface area contributed by atoms with Crippen LogP contribution in [0.3, 0.4) is 0 Å². The number of ether oxygens (including phenoxy) is 1. The quantitative estimate of drug-likeness (QED) is 0.420. The van der Waals surface area contributed by atoms with Gasteiger partial charge in [-0.3, -0.25) is 4.98 Å². The first kappa shape index (κ1) is 16.7. The predicted molar refractivity (Wildman–Crippen MR) is 98.5 cm³/mol. The molecular formula is C21H20N2O2. The van der Waals surface area contributed by atoms with Gasteiger partial charge in [0.05, 0.1) is 7.11 Å². The molecule has 0 aliphatic rings. The lowest BCUT2D eigenvalue weighted by Gasteiger charge is -2.11. The number of aryl methyl sites for hydroxylation is 2. The number of pyridine rings is 1. The number of aromatic nitrogens is 1. The summed E-state index contributed by atoms with van der Waals surface area (Å²) in [5.74, 6) is 0.860. The summed E-state index contributed by atoms with van der Waals surface area (Å²) in [6, 6.07) is 19.8. The maximum Gasteiger partial charge on any atom is 0.119 e. The van der Waals surface area contributed by atoms with Crippen LogP contribution in [0.25, 0.3) is 0 Å². The highest BCUT2D eigenvalue weighted by Gasteiger charge is 2.12. The van der Waals surface area contributed by atoms with Crippen molar-refractivity contribution < 1.29 is 9.94 Å². The van der Waals surface area contributed by atoms with Crippen molar-refractivity contribution in [3.8, 4) is 5.75 Å². The Morgan fingerprint density at radius 1 is 1.04 bits per heavy atom. The third kappa shape index (κ3) is 4.04. The van der Waals surface area contributed by atoms with Gasteiger partial charge in [0.25, 0.3) is 0 Å². The Morgan fingerprint density at radius 2 is 1.92 bits per heavy atom. The van der Waals surface area contributed by atoms with Crippen molar-refractivity contribution in [2.75, 3.05) is 7.11 Å². The van der Waals surface area contributed by atoms with Gasteiger partial charge in [0.15, 0.2) is 0 Å². The molecule has 0 fully saturated rings. The first-order valence-electron chi connectivity index (χ1n) is 8.15. The van der Waals surface area contributed by atoms with E-state index in [1.807, 2.05) is 48.5 Å². The van der Waals surface area contributed by atoms with Gasteiger partial charge in [0.2, 0.25) is 0 Å². The average Bonchev–Trinajstić information content (AvgIpc) is 2.69. The lowest BCUT2D eigenvalue weighted by molar-refractivity contribution is 0.319. The molecule has 0 unspecified atom stereocenters. The van der Waals surface area contributed by atoms with Crippen LogP contribution in [-0.4, -0.2) is 23.0 Å². The summed E-state index contributed by atoms with van der Waals surface area (Å²) in [4.78, 5) is 4.12. The van der Waals surface area contributed by atoms with Crippen LogP contribution in [0.5, 0.6) is 5.75 Å². The van der Waals surface area contributed by atoms with Gasteiger partial charge in [0, 0.05) is 23.5 Å². The van der Waals surface area contributed by atoms with Crippen LogP contribution in [0.15, 0.2) is 78.2 Å². The minimum Gasteiger partial charge on any atom is -0.497 e. The number of methoxy groups -OCH3 is 1. The molecule has 0 saturated carbocycles. The molecule has 25 heavy (non-hydrogen) atoms. The second-order valence-corrected chi connectivity index (χ2v) is 5.70. The molecule has 1 N–H and O–H groups in total. The zero-order valence-electron chi connectivity index (χ0n) is 14.1. The van der Waals surface area contributed by atoms with Gasteiger partial charge >= 0.3 is 0 Å². The summed E-state index contributed by atoms with van der Waals surface area (Å²) in [6.45, 7) is 0. The van der Waals surface area contributed by atoms with Crippen molar-refractivity contribution >= 4 is 5.71 Å². The second-order valence-electron chi connectivity index (χ2n) is 5.70. The molecule has 0 atom stereocenters. The molecule has 0 radical (unpaired) electrons. The fourth-order valence-electron chi connectivity index (χ4n) is 2.85. The van der Waals surface area contributed by atoms with Gasteiger partial charge in [-0.15, -0.1) is 0 Å². The van der Waals surface area contributed by atoms with Gasteiger partial charge < -0.3 is 9.94 Å². The molecule has 0 aliphatic carbocycles. The molecule has 3 rings (SSSR count). The van der Waals surface area contributed by atoms with Crippen LogP contribution in [-0.2, 0) is 12.8 Å². The van der Waals surface area contributed by atoms with Gasteiger partial charge in [-0.05, 0) is 48.2 Å². The number of hydrogen-bond donors (Lipinski definition) is 1. The Bertz CT molecular complexity index is 861. The van der Waals surface area contributed by atoms with E-state index in [0.29, 0.717) is 5.71 Å². The fourth-order valence-corrected chi connectivity index (χ4v) is 2.85. The van der Waals surface area contributed by atoms with E-state index in [1.165, 1.54) is 5.56 Å². The summed E-state index contributed by atoms with van der Waals surface area (Å²) in [5, 5.41) is 13.1. The van der Waals surface area contributed by atoms with E-state index in [4.69, 9.17) is 4.74 Å². The molecule has 3 aromatic rings. The Labute approximate surface area is 147 Å². The number of rotatable bonds is 6. The monoisotopic (exact) mass is 332 g/mol. The number of nitrogens with zero attached hydrogens (tertiary/aromatic N) is 2. The summed E-state index contributed by atoms with van der Waals surface area (Å²) in [6.07, 6.45) is 5.11. The Hall–Kier alpha value is -3.14. The Balaban J connectivity index is 1.86. The number of oxime groups is 1. The van der Waals surface area contributed by atoms with E-state index < -0.39 is 0 Å². The molecule has 4 nitrogen and oxygen atoms in total. The number of benzene rings is 2. The second kappa shape index (κ2) is 8.11. The molecule has 0 bridgehead atoms. The van der Waals surface area contributed by atoms with Crippen LogP contribution in [0, 0.1) is 0 Å². The van der Waals surface area contributed by atoms with Crippen molar-refractivity contribution in [1.82, 2.24) is 4.98 Å². The average molecular weight is 332 g/mol. The van der Waals surface area contributed by atoms with E-state index in [9.17, 15) is 5.21 Å². The van der Waals surface area contributed by atoms with Crippen LogP contribution in [0.4, 0.5) is 0 Å². The summed E-state index contributed by atoms with van der Waals surface area (Å²) < 4.78 is 5.28. The maximum absolute atomic E-state index is 9.55. The zero-order valence-corrected chi connectivity index (χ0v) is 14.1. The van der Waals surface area contributed by atoms with Gasteiger partial charge in [-0.2, -0.15) is 0 Å². The smallest absolute Gasteiger partial charge is 0.119 e.